The van der Waals surface area contributed by atoms with E-state index in [9.17, 15) is 4.79 Å². The SMILES string of the molecule is COc1ccc(-c2nc3sc(N(C)CC(=O)NCCN4CCCC[C@@H]4C)nn3c2NC(C)(C)C)cc1. The van der Waals surface area contributed by atoms with Gasteiger partial charge in [0.2, 0.25) is 16.0 Å². The van der Waals surface area contributed by atoms with Crippen LogP contribution in [0.5, 0.6) is 5.75 Å². The van der Waals surface area contributed by atoms with Crippen molar-refractivity contribution in [3.05, 3.63) is 24.3 Å². The van der Waals surface area contributed by atoms with Gasteiger partial charge in [0.25, 0.3) is 0 Å². The van der Waals surface area contributed by atoms with Gasteiger partial charge in [-0.15, -0.1) is 5.10 Å². The van der Waals surface area contributed by atoms with Crippen LogP contribution in [0.2, 0.25) is 0 Å². The predicted molar refractivity (Wildman–Crippen MR) is 147 cm³/mol. The number of fused-ring (bicyclic) bond motifs is 1. The Bertz CT molecular complexity index is 1170. The third kappa shape index (κ3) is 6.28. The third-order valence-electron chi connectivity index (χ3n) is 6.42. The van der Waals surface area contributed by atoms with Crippen molar-refractivity contribution in [2.75, 3.05) is 50.6 Å². The van der Waals surface area contributed by atoms with Crippen molar-refractivity contribution in [3.8, 4) is 17.0 Å². The molecule has 0 spiro atoms. The number of ether oxygens (including phenoxy) is 1. The van der Waals surface area contributed by atoms with E-state index in [0.29, 0.717) is 12.6 Å². The quantitative estimate of drug-likeness (QED) is 0.445. The lowest BCUT2D eigenvalue weighted by atomic mass is 10.0. The standard InChI is InChI=1S/C26H39N7O2S/c1-18-9-7-8-15-32(18)16-14-27-21(34)17-31(5)25-30-33-23(29-26(2,3)4)22(28-24(33)36-25)19-10-12-20(35-6)13-11-19/h10-13,18,29H,7-9,14-17H2,1-6H3,(H,27,34)/t18-/m0/s1. The summed E-state index contributed by atoms with van der Waals surface area (Å²) < 4.78 is 7.15. The summed E-state index contributed by atoms with van der Waals surface area (Å²) >= 11 is 1.47. The minimum atomic E-state index is -0.182. The first-order valence-electron chi connectivity index (χ1n) is 12.7. The van der Waals surface area contributed by atoms with E-state index < -0.39 is 0 Å². The Morgan fingerprint density at radius 1 is 1.25 bits per heavy atom. The first-order chi connectivity index (χ1) is 17.1. The Morgan fingerprint density at radius 3 is 2.67 bits per heavy atom. The summed E-state index contributed by atoms with van der Waals surface area (Å²) in [5.74, 6) is 1.64. The van der Waals surface area contributed by atoms with Crippen molar-refractivity contribution in [1.82, 2.24) is 24.8 Å². The number of likely N-dealkylation sites (N-methyl/N-ethyl adjacent to an activating group) is 1. The normalized spacial score (nSPS) is 16.8. The number of carbonyl (C=O) groups is 1. The number of likely N-dealkylation sites (tertiary alicyclic amines) is 1. The van der Waals surface area contributed by atoms with Crippen molar-refractivity contribution in [2.24, 2.45) is 0 Å². The number of rotatable bonds is 9. The molecule has 1 atom stereocenters. The molecule has 3 heterocycles. The number of anilines is 2. The molecule has 0 bridgehead atoms. The number of hydrogen-bond acceptors (Lipinski definition) is 8. The van der Waals surface area contributed by atoms with E-state index in [1.807, 2.05) is 40.7 Å². The molecule has 1 amide bonds. The van der Waals surface area contributed by atoms with Gasteiger partial charge in [0, 0.05) is 37.3 Å². The topological polar surface area (TPSA) is 87.0 Å². The molecule has 2 aromatic heterocycles. The van der Waals surface area contributed by atoms with Crippen LogP contribution in [-0.4, -0.2) is 77.3 Å². The van der Waals surface area contributed by atoms with Crippen LogP contribution >= 0.6 is 11.3 Å². The van der Waals surface area contributed by atoms with Crippen LogP contribution in [0.15, 0.2) is 24.3 Å². The number of benzene rings is 1. The van der Waals surface area contributed by atoms with Gasteiger partial charge < -0.3 is 20.3 Å². The summed E-state index contributed by atoms with van der Waals surface area (Å²) in [4.78, 5) is 22.6. The van der Waals surface area contributed by atoms with Gasteiger partial charge in [-0.25, -0.2) is 4.98 Å². The largest absolute Gasteiger partial charge is 0.497 e. The van der Waals surface area contributed by atoms with Crippen molar-refractivity contribution in [1.29, 1.82) is 0 Å². The summed E-state index contributed by atoms with van der Waals surface area (Å²) in [6, 6.07) is 8.47. The first-order valence-corrected chi connectivity index (χ1v) is 13.5. The molecule has 196 valence electrons. The fraction of sp³-hybridized carbons (Fsp3) is 0.577. The molecule has 0 saturated carbocycles. The highest BCUT2D eigenvalue weighted by molar-refractivity contribution is 7.20. The van der Waals surface area contributed by atoms with Crippen molar-refractivity contribution >= 4 is 33.2 Å². The van der Waals surface area contributed by atoms with Crippen LogP contribution in [0.4, 0.5) is 10.9 Å². The molecule has 0 unspecified atom stereocenters. The van der Waals surface area contributed by atoms with Gasteiger partial charge in [-0.3, -0.25) is 9.69 Å². The van der Waals surface area contributed by atoms with Gasteiger partial charge in [-0.1, -0.05) is 17.8 Å². The molecule has 9 nitrogen and oxygen atoms in total. The number of carbonyl (C=O) groups excluding carboxylic acids is 1. The minimum absolute atomic E-state index is 0.00182. The Kier molecular flexibility index (Phi) is 8.04. The molecular formula is C26H39N7O2S. The molecular weight excluding hydrogens is 474 g/mol. The number of hydrogen-bond donors (Lipinski definition) is 2. The zero-order valence-corrected chi connectivity index (χ0v) is 23.1. The van der Waals surface area contributed by atoms with Crippen LogP contribution in [0.3, 0.4) is 0 Å². The number of nitrogens with zero attached hydrogens (tertiary/aromatic N) is 5. The lowest BCUT2D eigenvalue weighted by molar-refractivity contribution is -0.119. The second kappa shape index (κ2) is 11.0. The number of imidazole rings is 1. The van der Waals surface area contributed by atoms with Crippen molar-refractivity contribution in [3.63, 3.8) is 0 Å². The number of aromatic nitrogens is 3. The summed E-state index contributed by atoms with van der Waals surface area (Å²) in [7, 11) is 3.55. The van der Waals surface area contributed by atoms with E-state index in [4.69, 9.17) is 14.8 Å². The molecule has 4 rings (SSSR count). The predicted octanol–water partition coefficient (Wildman–Crippen LogP) is 4.10. The molecule has 1 fully saturated rings. The van der Waals surface area contributed by atoms with Crippen molar-refractivity contribution in [2.45, 2.75) is 58.5 Å². The van der Waals surface area contributed by atoms with Crippen LogP contribution in [-0.2, 0) is 4.79 Å². The highest BCUT2D eigenvalue weighted by atomic mass is 32.1. The summed E-state index contributed by atoms with van der Waals surface area (Å²) in [6.07, 6.45) is 3.80. The second-order valence-corrected chi connectivity index (χ2v) is 11.5. The van der Waals surface area contributed by atoms with Crippen molar-refractivity contribution < 1.29 is 9.53 Å². The van der Waals surface area contributed by atoms with Gasteiger partial charge in [0.1, 0.15) is 11.4 Å². The fourth-order valence-electron chi connectivity index (χ4n) is 4.48. The molecule has 2 N–H and O–H groups in total. The summed E-state index contributed by atoms with van der Waals surface area (Å²) in [6.45, 7) is 11.5. The van der Waals surface area contributed by atoms with E-state index in [0.717, 1.165) is 46.0 Å². The lowest BCUT2D eigenvalue weighted by Gasteiger charge is -2.33. The maximum Gasteiger partial charge on any atom is 0.239 e. The van der Waals surface area contributed by atoms with Gasteiger partial charge in [-0.05, 0) is 71.3 Å². The molecule has 1 aromatic carbocycles. The van der Waals surface area contributed by atoms with E-state index in [1.165, 1.54) is 30.6 Å². The highest BCUT2D eigenvalue weighted by Gasteiger charge is 2.24. The summed E-state index contributed by atoms with van der Waals surface area (Å²) in [5.41, 5.74) is 1.64. The number of amides is 1. The van der Waals surface area contributed by atoms with E-state index in [1.54, 1.807) is 7.11 Å². The van der Waals surface area contributed by atoms with Crippen LogP contribution < -0.4 is 20.3 Å². The zero-order valence-electron chi connectivity index (χ0n) is 22.3. The molecule has 0 radical (unpaired) electrons. The van der Waals surface area contributed by atoms with Crippen LogP contribution in [0, 0.1) is 0 Å². The van der Waals surface area contributed by atoms with E-state index >= 15 is 0 Å². The van der Waals surface area contributed by atoms with Gasteiger partial charge in [-0.2, -0.15) is 4.52 Å². The maximum atomic E-state index is 12.6. The smallest absolute Gasteiger partial charge is 0.239 e. The van der Waals surface area contributed by atoms with Crippen LogP contribution in [0.25, 0.3) is 16.2 Å². The molecule has 1 aliphatic heterocycles. The van der Waals surface area contributed by atoms with Gasteiger partial charge in [0.15, 0.2) is 5.82 Å². The Morgan fingerprint density at radius 2 is 2.00 bits per heavy atom. The molecule has 1 saturated heterocycles. The second-order valence-electron chi connectivity index (χ2n) is 10.6. The average Bonchev–Trinajstić information content (AvgIpc) is 3.39. The Balaban J connectivity index is 1.46. The highest BCUT2D eigenvalue weighted by Crippen LogP contribution is 2.35. The molecule has 0 aliphatic carbocycles. The summed E-state index contributed by atoms with van der Waals surface area (Å²) in [5, 5.41) is 12.2. The number of nitrogens with one attached hydrogen (secondary N) is 2. The van der Waals surface area contributed by atoms with Gasteiger partial charge in [0.05, 0.1) is 13.7 Å². The van der Waals surface area contributed by atoms with Gasteiger partial charge >= 0.3 is 0 Å². The fourth-order valence-corrected chi connectivity index (χ4v) is 5.34. The number of methoxy groups -OCH3 is 1. The minimum Gasteiger partial charge on any atom is -0.497 e. The zero-order chi connectivity index (χ0) is 25.9. The number of piperidine rings is 1. The van der Waals surface area contributed by atoms with Crippen LogP contribution in [0.1, 0.15) is 47.0 Å². The van der Waals surface area contributed by atoms with E-state index in [-0.39, 0.29) is 18.0 Å². The third-order valence-corrected chi connectivity index (χ3v) is 7.44. The maximum absolute atomic E-state index is 12.6. The lowest BCUT2D eigenvalue weighted by Crippen LogP contribution is -2.44. The van der Waals surface area contributed by atoms with E-state index in [2.05, 4.69) is 43.2 Å². The first kappa shape index (κ1) is 26.2. The molecule has 3 aromatic rings. The Labute approximate surface area is 217 Å². The average molecular weight is 514 g/mol. The monoisotopic (exact) mass is 513 g/mol. The molecule has 36 heavy (non-hydrogen) atoms. The molecule has 1 aliphatic rings. The Hall–Kier alpha value is -2.85. The molecule has 10 heteroatoms.